The number of hydrogen-bond donors (Lipinski definition) is 1. The normalized spacial score (nSPS) is 10.2. The number of aromatic nitrogens is 2. The summed E-state index contributed by atoms with van der Waals surface area (Å²) in [6.07, 6.45) is 3.70. The molecule has 2 aromatic heterocycles. The first kappa shape index (κ1) is 8.19. The number of ketones is 1. The molecule has 0 atom stereocenters. The first-order chi connectivity index (χ1) is 6.27. The van der Waals surface area contributed by atoms with E-state index in [9.17, 15) is 4.79 Å². The van der Waals surface area contributed by atoms with Crippen LogP contribution < -0.4 is 0 Å². The zero-order valence-electron chi connectivity index (χ0n) is 7.07. The lowest BCUT2D eigenvalue weighted by atomic mass is 10.3. The highest BCUT2D eigenvalue weighted by Gasteiger charge is 2.07. The molecule has 1 N–H and O–H groups in total. The maximum absolute atomic E-state index is 11.0. The van der Waals surface area contributed by atoms with Crippen LogP contribution in [0.2, 0.25) is 0 Å². The number of nitrogens with one attached hydrogen (secondary N) is 1. The van der Waals surface area contributed by atoms with Crippen molar-refractivity contribution in [3.8, 4) is 10.6 Å². The number of thiazole rings is 1. The fourth-order valence-corrected chi connectivity index (χ4v) is 1.88. The molecular weight excluding hydrogens is 184 g/mol. The van der Waals surface area contributed by atoms with Gasteiger partial charge in [0, 0.05) is 30.3 Å². The monoisotopic (exact) mass is 192 g/mol. The SMILES string of the molecule is CC(=O)c1csc(-c2cc[nH]c2)n1. The van der Waals surface area contributed by atoms with Gasteiger partial charge in [-0.05, 0) is 6.07 Å². The molecule has 0 unspecified atom stereocenters. The van der Waals surface area contributed by atoms with E-state index in [1.54, 1.807) is 5.38 Å². The first-order valence-corrected chi connectivity index (χ1v) is 4.75. The van der Waals surface area contributed by atoms with Gasteiger partial charge in [0.1, 0.15) is 10.7 Å². The summed E-state index contributed by atoms with van der Waals surface area (Å²) in [5.41, 5.74) is 1.57. The molecule has 0 aromatic carbocycles. The summed E-state index contributed by atoms with van der Waals surface area (Å²) in [6, 6.07) is 1.93. The number of carbonyl (C=O) groups excluding carboxylic acids is 1. The van der Waals surface area contributed by atoms with Crippen LogP contribution in [-0.4, -0.2) is 15.8 Å². The van der Waals surface area contributed by atoms with Crippen molar-refractivity contribution in [3.05, 3.63) is 29.5 Å². The van der Waals surface area contributed by atoms with E-state index in [4.69, 9.17) is 0 Å². The van der Waals surface area contributed by atoms with E-state index in [-0.39, 0.29) is 5.78 Å². The second-order valence-corrected chi connectivity index (χ2v) is 3.55. The smallest absolute Gasteiger partial charge is 0.178 e. The Bertz CT molecular complexity index is 417. The summed E-state index contributed by atoms with van der Waals surface area (Å²) in [5.74, 6) is 0.0121. The summed E-state index contributed by atoms with van der Waals surface area (Å²) >= 11 is 1.48. The quantitative estimate of drug-likeness (QED) is 0.742. The van der Waals surface area contributed by atoms with Crippen LogP contribution in [0.25, 0.3) is 10.6 Å². The second kappa shape index (κ2) is 3.14. The lowest BCUT2D eigenvalue weighted by molar-refractivity contribution is 0.101. The van der Waals surface area contributed by atoms with Crippen molar-refractivity contribution in [2.45, 2.75) is 6.92 Å². The Balaban J connectivity index is 2.39. The molecule has 4 heteroatoms. The molecule has 0 saturated heterocycles. The van der Waals surface area contributed by atoms with Crippen LogP contribution in [-0.2, 0) is 0 Å². The lowest BCUT2D eigenvalue weighted by Gasteiger charge is -1.86. The van der Waals surface area contributed by atoms with Crippen molar-refractivity contribution >= 4 is 17.1 Å². The minimum Gasteiger partial charge on any atom is -0.367 e. The van der Waals surface area contributed by atoms with Crippen LogP contribution in [0, 0.1) is 0 Å². The maximum Gasteiger partial charge on any atom is 0.178 e. The Morgan fingerprint density at radius 3 is 3.00 bits per heavy atom. The zero-order valence-corrected chi connectivity index (χ0v) is 7.89. The molecule has 0 amide bonds. The molecule has 3 nitrogen and oxygen atoms in total. The number of nitrogens with zero attached hydrogens (tertiary/aromatic N) is 1. The van der Waals surface area contributed by atoms with Crippen molar-refractivity contribution in [1.29, 1.82) is 0 Å². The van der Waals surface area contributed by atoms with E-state index in [0.29, 0.717) is 5.69 Å². The Kier molecular flexibility index (Phi) is 1.98. The second-order valence-electron chi connectivity index (χ2n) is 2.69. The Hall–Kier alpha value is -1.42. The lowest BCUT2D eigenvalue weighted by Crippen LogP contribution is -1.90. The van der Waals surface area contributed by atoms with Gasteiger partial charge in [0.05, 0.1) is 0 Å². The van der Waals surface area contributed by atoms with Crippen LogP contribution in [0.3, 0.4) is 0 Å². The van der Waals surface area contributed by atoms with Gasteiger partial charge in [-0.1, -0.05) is 0 Å². The highest BCUT2D eigenvalue weighted by Crippen LogP contribution is 2.22. The van der Waals surface area contributed by atoms with E-state index in [1.807, 2.05) is 18.5 Å². The van der Waals surface area contributed by atoms with E-state index >= 15 is 0 Å². The molecule has 2 heterocycles. The molecular formula is C9H8N2OS. The highest BCUT2D eigenvalue weighted by molar-refractivity contribution is 7.13. The third-order valence-corrected chi connectivity index (χ3v) is 2.60. The van der Waals surface area contributed by atoms with E-state index in [2.05, 4.69) is 9.97 Å². The van der Waals surface area contributed by atoms with Crippen molar-refractivity contribution < 1.29 is 4.79 Å². The summed E-state index contributed by atoms with van der Waals surface area (Å²) in [4.78, 5) is 18.1. The topological polar surface area (TPSA) is 45.8 Å². The number of rotatable bonds is 2. The van der Waals surface area contributed by atoms with Gasteiger partial charge in [-0.3, -0.25) is 4.79 Å². The Morgan fingerprint density at radius 2 is 2.46 bits per heavy atom. The van der Waals surface area contributed by atoms with E-state index in [1.165, 1.54) is 18.3 Å². The standard InChI is InChI=1S/C9H8N2OS/c1-6(12)8-5-13-9(11-8)7-2-3-10-4-7/h2-5,10H,1H3. The van der Waals surface area contributed by atoms with Gasteiger partial charge in [0.15, 0.2) is 5.78 Å². The van der Waals surface area contributed by atoms with Gasteiger partial charge in [-0.15, -0.1) is 11.3 Å². The Morgan fingerprint density at radius 1 is 1.62 bits per heavy atom. The van der Waals surface area contributed by atoms with Crippen LogP contribution in [0.1, 0.15) is 17.4 Å². The van der Waals surface area contributed by atoms with Crippen molar-refractivity contribution in [2.24, 2.45) is 0 Å². The molecule has 2 rings (SSSR count). The average Bonchev–Trinajstić information content (AvgIpc) is 2.75. The van der Waals surface area contributed by atoms with Crippen LogP contribution >= 0.6 is 11.3 Å². The molecule has 0 bridgehead atoms. The predicted molar refractivity (Wildman–Crippen MR) is 51.9 cm³/mol. The van der Waals surface area contributed by atoms with Gasteiger partial charge in [0.25, 0.3) is 0 Å². The largest absolute Gasteiger partial charge is 0.367 e. The summed E-state index contributed by atoms with van der Waals surface area (Å²) < 4.78 is 0. The summed E-state index contributed by atoms with van der Waals surface area (Å²) in [6.45, 7) is 1.52. The van der Waals surface area contributed by atoms with Crippen LogP contribution in [0.15, 0.2) is 23.8 Å². The van der Waals surface area contributed by atoms with Crippen molar-refractivity contribution in [2.75, 3.05) is 0 Å². The molecule has 0 saturated carbocycles. The molecule has 66 valence electrons. The van der Waals surface area contributed by atoms with Gasteiger partial charge >= 0.3 is 0 Å². The molecule has 0 spiro atoms. The minimum atomic E-state index is 0.0121. The third-order valence-electron chi connectivity index (χ3n) is 1.71. The molecule has 0 aliphatic heterocycles. The van der Waals surface area contributed by atoms with Gasteiger partial charge in [-0.25, -0.2) is 4.98 Å². The fraction of sp³-hybridized carbons (Fsp3) is 0.111. The molecule has 0 aliphatic carbocycles. The Labute approximate surface area is 79.4 Å². The third kappa shape index (κ3) is 1.53. The molecule has 13 heavy (non-hydrogen) atoms. The fourth-order valence-electron chi connectivity index (χ4n) is 1.02. The molecule has 0 fully saturated rings. The molecule has 0 radical (unpaired) electrons. The number of Topliss-reactive ketones (excluding diaryl/α,β-unsaturated/α-hetero) is 1. The number of H-pyrrole nitrogens is 1. The van der Waals surface area contributed by atoms with Crippen molar-refractivity contribution in [3.63, 3.8) is 0 Å². The predicted octanol–water partition coefficient (Wildman–Crippen LogP) is 2.34. The van der Waals surface area contributed by atoms with Crippen LogP contribution in [0.5, 0.6) is 0 Å². The number of aromatic amines is 1. The zero-order chi connectivity index (χ0) is 9.26. The number of hydrogen-bond acceptors (Lipinski definition) is 3. The average molecular weight is 192 g/mol. The summed E-state index contributed by atoms with van der Waals surface area (Å²) in [7, 11) is 0. The van der Waals surface area contributed by atoms with Crippen molar-refractivity contribution in [1.82, 2.24) is 9.97 Å². The van der Waals surface area contributed by atoms with Gasteiger partial charge < -0.3 is 4.98 Å². The summed E-state index contributed by atoms with van der Waals surface area (Å²) in [5, 5.41) is 2.66. The van der Waals surface area contributed by atoms with Gasteiger partial charge in [0.2, 0.25) is 0 Å². The maximum atomic E-state index is 11.0. The molecule has 2 aromatic rings. The first-order valence-electron chi connectivity index (χ1n) is 3.87. The van der Waals surface area contributed by atoms with Gasteiger partial charge in [-0.2, -0.15) is 0 Å². The van der Waals surface area contributed by atoms with E-state index in [0.717, 1.165) is 10.6 Å². The van der Waals surface area contributed by atoms with Crippen LogP contribution in [0.4, 0.5) is 0 Å². The highest BCUT2D eigenvalue weighted by atomic mass is 32.1. The van der Waals surface area contributed by atoms with E-state index < -0.39 is 0 Å². The molecule has 0 aliphatic rings. The number of carbonyl (C=O) groups is 1. The minimum absolute atomic E-state index is 0.0121.